The largest absolute Gasteiger partial charge is 0.304 e. The Balaban J connectivity index is 1.79. The molecule has 1 aromatic carbocycles. The van der Waals surface area contributed by atoms with Crippen LogP contribution < -0.4 is 0 Å². The molecule has 1 aliphatic rings. The van der Waals surface area contributed by atoms with Crippen molar-refractivity contribution in [2.75, 3.05) is 39.8 Å². The first-order chi connectivity index (χ1) is 8.28. The predicted molar refractivity (Wildman–Crippen MR) is 68.8 cm³/mol. The van der Waals surface area contributed by atoms with Crippen LogP contribution in [0.2, 0.25) is 0 Å². The smallest absolute Gasteiger partial charge is 0.0991 e. The SMILES string of the molecule is CN1CCN(CCc2ccc(C#N)cc2)CC1. The van der Waals surface area contributed by atoms with Gasteiger partial charge in [0.05, 0.1) is 11.6 Å². The zero-order valence-corrected chi connectivity index (χ0v) is 10.4. The van der Waals surface area contributed by atoms with E-state index in [0.717, 1.165) is 18.5 Å². The molecular weight excluding hydrogens is 210 g/mol. The highest BCUT2D eigenvalue weighted by atomic mass is 15.2. The minimum Gasteiger partial charge on any atom is -0.304 e. The molecule has 17 heavy (non-hydrogen) atoms. The molecule has 1 heterocycles. The lowest BCUT2D eigenvalue weighted by atomic mass is 10.1. The molecule has 1 saturated heterocycles. The number of benzene rings is 1. The van der Waals surface area contributed by atoms with E-state index in [1.807, 2.05) is 12.1 Å². The highest BCUT2D eigenvalue weighted by Crippen LogP contribution is 2.06. The Labute approximate surface area is 103 Å². The molecule has 90 valence electrons. The van der Waals surface area contributed by atoms with Crippen molar-refractivity contribution in [2.24, 2.45) is 0 Å². The second-order valence-electron chi connectivity index (χ2n) is 4.70. The molecule has 3 heteroatoms. The predicted octanol–water partition coefficient (Wildman–Crippen LogP) is 1.35. The number of likely N-dealkylation sites (N-methyl/N-ethyl adjacent to an activating group) is 1. The summed E-state index contributed by atoms with van der Waals surface area (Å²) in [5.74, 6) is 0. The van der Waals surface area contributed by atoms with Gasteiger partial charge in [-0.2, -0.15) is 5.26 Å². The van der Waals surface area contributed by atoms with E-state index in [0.29, 0.717) is 0 Å². The van der Waals surface area contributed by atoms with Gasteiger partial charge in [-0.05, 0) is 31.2 Å². The lowest BCUT2D eigenvalue weighted by Gasteiger charge is -2.32. The molecule has 1 fully saturated rings. The van der Waals surface area contributed by atoms with Gasteiger partial charge < -0.3 is 9.80 Å². The number of rotatable bonds is 3. The number of hydrogen-bond acceptors (Lipinski definition) is 3. The maximum atomic E-state index is 8.72. The zero-order valence-electron chi connectivity index (χ0n) is 10.4. The van der Waals surface area contributed by atoms with Gasteiger partial charge in [0.25, 0.3) is 0 Å². The van der Waals surface area contributed by atoms with Crippen LogP contribution in [0.25, 0.3) is 0 Å². The van der Waals surface area contributed by atoms with Crippen LogP contribution in [0.3, 0.4) is 0 Å². The van der Waals surface area contributed by atoms with E-state index in [9.17, 15) is 0 Å². The van der Waals surface area contributed by atoms with E-state index in [-0.39, 0.29) is 0 Å². The quantitative estimate of drug-likeness (QED) is 0.783. The third-order valence-corrected chi connectivity index (χ3v) is 3.40. The highest BCUT2D eigenvalue weighted by molar-refractivity contribution is 5.31. The van der Waals surface area contributed by atoms with Crippen LogP contribution in [-0.4, -0.2) is 49.6 Å². The van der Waals surface area contributed by atoms with Crippen LogP contribution in [0.1, 0.15) is 11.1 Å². The third-order valence-electron chi connectivity index (χ3n) is 3.40. The van der Waals surface area contributed by atoms with Crippen molar-refractivity contribution >= 4 is 0 Å². The van der Waals surface area contributed by atoms with E-state index in [1.165, 1.54) is 31.7 Å². The summed E-state index contributed by atoms with van der Waals surface area (Å²) in [7, 11) is 2.18. The Morgan fingerprint density at radius 3 is 2.35 bits per heavy atom. The van der Waals surface area contributed by atoms with E-state index in [4.69, 9.17) is 5.26 Å². The summed E-state index contributed by atoms with van der Waals surface area (Å²) in [6, 6.07) is 10.1. The molecule has 0 aliphatic carbocycles. The van der Waals surface area contributed by atoms with Crippen molar-refractivity contribution in [1.82, 2.24) is 9.80 Å². The van der Waals surface area contributed by atoms with E-state index >= 15 is 0 Å². The molecule has 1 aliphatic heterocycles. The first kappa shape index (κ1) is 12.1. The molecule has 0 bridgehead atoms. The second kappa shape index (κ2) is 5.81. The van der Waals surface area contributed by atoms with Gasteiger partial charge in [-0.1, -0.05) is 12.1 Å². The summed E-state index contributed by atoms with van der Waals surface area (Å²) in [6.07, 6.45) is 1.08. The molecule has 0 saturated carbocycles. The molecule has 0 radical (unpaired) electrons. The summed E-state index contributed by atoms with van der Waals surface area (Å²) in [5, 5.41) is 8.72. The fraction of sp³-hybridized carbons (Fsp3) is 0.500. The Kier molecular flexibility index (Phi) is 4.13. The average Bonchev–Trinajstić information content (AvgIpc) is 2.39. The zero-order chi connectivity index (χ0) is 12.1. The van der Waals surface area contributed by atoms with Crippen LogP contribution in [0.5, 0.6) is 0 Å². The fourth-order valence-electron chi connectivity index (χ4n) is 2.10. The minimum absolute atomic E-state index is 0.744. The summed E-state index contributed by atoms with van der Waals surface area (Å²) in [6.45, 7) is 5.82. The van der Waals surface area contributed by atoms with Crippen molar-refractivity contribution in [2.45, 2.75) is 6.42 Å². The van der Waals surface area contributed by atoms with Crippen LogP contribution in [0.4, 0.5) is 0 Å². The maximum Gasteiger partial charge on any atom is 0.0991 e. The lowest BCUT2D eigenvalue weighted by molar-refractivity contribution is 0.155. The Hall–Kier alpha value is -1.37. The molecule has 0 N–H and O–H groups in total. The Bertz CT molecular complexity index is 383. The molecule has 0 spiro atoms. The first-order valence-corrected chi connectivity index (χ1v) is 6.18. The fourth-order valence-corrected chi connectivity index (χ4v) is 2.10. The molecule has 3 nitrogen and oxygen atoms in total. The van der Waals surface area contributed by atoms with Gasteiger partial charge in [0.2, 0.25) is 0 Å². The van der Waals surface area contributed by atoms with Crippen molar-refractivity contribution in [3.8, 4) is 6.07 Å². The van der Waals surface area contributed by atoms with Gasteiger partial charge in [-0.3, -0.25) is 0 Å². The first-order valence-electron chi connectivity index (χ1n) is 6.18. The number of hydrogen-bond donors (Lipinski definition) is 0. The Morgan fingerprint density at radius 1 is 1.12 bits per heavy atom. The van der Waals surface area contributed by atoms with E-state index in [1.54, 1.807) is 0 Å². The topological polar surface area (TPSA) is 30.3 Å². The minimum atomic E-state index is 0.744. The van der Waals surface area contributed by atoms with Crippen LogP contribution >= 0.6 is 0 Å². The maximum absolute atomic E-state index is 8.72. The number of nitrogens with zero attached hydrogens (tertiary/aromatic N) is 3. The Morgan fingerprint density at radius 2 is 1.76 bits per heavy atom. The number of piperazine rings is 1. The molecule has 0 atom stereocenters. The summed E-state index contributed by atoms with van der Waals surface area (Å²) >= 11 is 0. The van der Waals surface area contributed by atoms with Gasteiger partial charge in [-0.15, -0.1) is 0 Å². The highest BCUT2D eigenvalue weighted by Gasteiger charge is 2.12. The van der Waals surface area contributed by atoms with Gasteiger partial charge in [-0.25, -0.2) is 0 Å². The normalized spacial score (nSPS) is 17.9. The van der Waals surface area contributed by atoms with Crippen LogP contribution in [0, 0.1) is 11.3 Å². The molecule has 2 rings (SSSR count). The molecular formula is C14H19N3. The summed E-state index contributed by atoms with van der Waals surface area (Å²) < 4.78 is 0. The van der Waals surface area contributed by atoms with Gasteiger partial charge in [0, 0.05) is 32.7 Å². The van der Waals surface area contributed by atoms with Gasteiger partial charge >= 0.3 is 0 Å². The van der Waals surface area contributed by atoms with Crippen LogP contribution in [0.15, 0.2) is 24.3 Å². The van der Waals surface area contributed by atoms with Crippen molar-refractivity contribution in [3.63, 3.8) is 0 Å². The summed E-state index contributed by atoms with van der Waals surface area (Å²) in [4.78, 5) is 4.89. The monoisotopic (exact) mass is 229 g/mol. The van der Waals surface area contributed by atoms with Gasteiger partial charge in [0.15, 0.2) is 0 Å². The molecule has 0 aromatic heterocycles. The second-order valence-corrected chi connectivity index (χ2v) is 4.70. The molecule has 0 amide bonds. The third kappa shape index (κ3) is 3.55. The van der Waals surface area contributed by atoms with E-state index < -0.39 is 0 Å². The summed E-state index contributed by atoms with van der Waals surface area (Å²) in [5.41, 5.74) is 2.07. The van der Waals surface area contributed by atoms with Crippen molar-refractivity contribution in [3.05, 3.63) is 35.4 Å². The van der Waals surface area contributed by atoms with E-state index in [2.05, 4.69) is 35.0 Å². The standard InChI is InChI=1S/C14H19N3/c1-16-8-10-17(11-9-16)7-6-13-2-4-14(12-15)5-3-13/h2-5H,6-11H2,1H3. The van der Waals surface area contributed by atoms with Gasteiger partial charge in [0.1, 0.15) is 0 Å². The van der Waals surface area contributed by atoms with Crippen LogP contribution in [-0.2, 0) is 6.42 Å². The van der Waals surface area contributed by atoms with Crippen molar-refractivity contribution in [1.29, 1.82) is 5.26 Å². The number of nitriles is 1. The van der Waals surface area contributed by atoms with Crippen molar-refractivity contribution < 1.29 is 0 Å². The lowest BCUT2D eigenvalue weighted by Crippen LogP contribution is -2.45. The molecule has 0 unspecified atom stereocenters. The average molecular weight is 229 g/mol. The molecule has 1 aromatic rings.